The fourth-order valence-corrected chi connectivity index (χ4v) is 3.47. The SMILES string of the molecule is Cc1ccc(Cn2nc(OCCN3CCCC3)c3ccccc32)cc1. The third-order valence-electron chi connectivity index (χ3n) is 4.92. The predicted octanol–water partition coefficient (Wildman–Crippen LogP) is 3.87. The summed E-state index contributed by atoms with van der Waals surface area (Å²) in [6.45, 7) is 6.96. The van der Waals surface area contributed by atoms with Crippen molar-refractivity contribution in [2.45, 2.75) is 26.3 Å². The second-order valence-corrected chi connectivity index (χ2v) is 6.86. The molecule has 3 aromatic rings. The lowest BCUT2D eigenvalue weighted by atomic mass is 10.1. The maximum atomic E-state index is 6.05. The van der Waals surface area contributed by atoms with Crippen LogP contribution < -0.4 is 4.74 Å². The van der Waals surface area contributed by atoms with Crippen molar-refractivity contribution in [1.82, 2.24) is 14.7 Å². The van der Waals surface area contributed by atoms with E-state index in [2.05, 4.69) is 54.3 Å². The molecule has 0 bridgehead atoms. The summed E-state index contributed by atoms with van der Waals surface area (Å²) in [5, 5.41) is 5.84. The molecule has 1 fully saturated rings. The summed E-state index contributed by atoms with van der Waals surface area (Å²) >= 11 is 0. The highest BCUT2D eigenvalue weighted by Gasteiger charge is 2.14. The van der Waals surface area contributed by atoms with E-state index >= 15 is 0 Å². The molecule has 1 aliphatic heterocycles. The molecular weight excluding hydrogens is 310 g/mol. The number of benzene rings is 2. The molecule has 4 heteroatoms. The van der Waals surface area contributed by atoms with E-state index in [4.69, 9.17) is 9.84 Å². The quantitative estimate of drug-likeness (QED) is 0.685. The van der Waals surface area contributed by atoms with Crippen molar-refractivity contribution in [3.8, 4) is 5.88 Å². The maximum absolute atomic E-state index is 6.05. The van der Waals surface area contributed by atoms with E-state index in [1.165, 1.54) is 37.1 Å². The van der Waals surface area contributed by atoms with Crippen molar-refractivity contribution >= 4 is 10.9 Å². The molecule has 2 aromatic carbocycles. The molecular formula is C21H25N3O. The summed E-state index contributed by atoms with van der Waals surface area (Å²) in [4.78, 5) is 2.46. The Morgan fingerprint density at radius 1 is 1.00 bits per heavy atom. The van der Waals surface area contributed by atoms with Crippen molar-refractivity contribution in [2.24, 2.45) is 0 Å². The van der Waals surface area contributed by atoms with Gasteiger partial charge in [-0.25, -0.2) is 0 Å². The van der Waals surface area contributed by atoms with Gasteiger partial charge in [-0.05, 0) is 50.6 Å². The molecule has 0 radical (unpaired) electrons. The number of fused-ring (bicyclic) bond motifs is 1. The van der Waals surface area contributed by atoms with Gasteiger partial charge in [0, 0.05) is 6.54 Å². The molecule has 0 saturated carbocycles. The van der Waals surface area contributed by atoms with Crippen LogP contribution in [0.25, 0.3) is 10.9 Å². The van der Waals surface area contributed by atoms with Crippen LogP contribution in [0, 0.1) is 6.92 Å². The minimum atomic E-state index is 0.700. The van der Waals surface area contributed by atoms with E-state index in [9.17, 15) is 0 Å². The highest BCUT2D eigenvalue weighted by atomic mass is 16.5. The lowest BCUT2D eigenvalue weighted by Crippen LogP contribution is -2.25. The van der Waals surface area contributed by atoms with Gasteiger partial charge < -0.3 is 4.74 Å². The Bertz CT molecular complexity index is 832. The Morgan fingerprint density at radius 3 is 2.56 bits per heavy atom. The highest BCUT2D eigenvalue weighted by Crippen LogP contribution is 2.25. The van der Waals surface area contributed by atoms with Crippen LogP contribution in [0.5, 0.6) is 5.88 Å². The van der Waals surface area contributed by atoms with Gasteiger partial charge in [0.2, 0.25) is 5.88 Å². The Labute approximate surface area is 149 Å². The van der Waals surface area contributed by atoms with Crippen LogP contribution in [-0.4, -0.2) is 40.9 Å². The summed E-state index contributed by atoms with van der Waals surface area (Å²) in [6, 6.07) is 16.9. The molecule has 0 atom stereocenters. The molecule has 0 amide bonds. The third kappa shape index (κ3) is 3.69. The Morgan fingerprint density at radius 2 is 1.76 bits per heavy atom. The van der Waals surface area contributed by atoms with Gasteiger partial charge in [-0.15, -0.1) is 5.10 Å². The number of aromatic nitrogens is 2. The first-order valence-corrected chi connectivity index (χ1v) is 9.16. The summed E-state index contributed by atoms with van der Waals surface area (Å²) in [7, 11) is 0. The zero-order chi connectivity index (χ0) is 17.1. The number of aryl methyl sites for hydroxylation is 1. The zero-order valence-electron chi connectivity index (χ0n) is 14.8. The van der Waals surface area contributed by atoms with Gasteiger partial charge in [-0.3, -0.25) is 9.58 Å². The number of likely N-dealkylation sites (tertiary alicyclic amines) is 1. The smallest absolute Gasteiger partial charge is 0.240 e. The van der Waals surface area contributed by atoms with Gasteiger partial charge in [0.25, 0.3) is 0 Å². The maximum Gasteiger partial charge on any atom is 0.240 e. The fourth-order valence-electron chi connectivity index (χ4n) is 3.47. The molecule has 130 valence electrons. The Hall–Kier alpha value is -2.33. The lowest BCUT2D eigenvalue weighted by Gasteiger charge is -2.13. The van der Waals surface area contributed by atoms with Gasteiger partial charge in [0.15, 0.2) is 0 Å². The number of hydrogen-bond acceptors (Lipinski definition) is 3. The van der Waals surface area contributed by atoms with Crippen molar-refractivity contribution in [3.63, 3.8) is 0 Å². The van der Waals surface area contributed by atoms with E-state index < -0.39 is 0 Å². The number of rotatable bonds is 6. The first kappa shape index (κ1) is 16.2. The molecule has 4 rings (SSSR count). The largest absolute Gasteiger partial charge is 0.475 e. The van der Waals surface area contributed by atoms with Crippen molar-refractivity contribution in [1.29, 1.82) is 0 Å². The summed E-state index contributed by atoms with van der Waals surface area (Å²) in [5.41, 5.74) is 3.65. The summed E-state index contributed by atoms with van der Waals surface area (Å²) in [5.74, 6) is 0.752. The van der Waals surface area contributed by atoms with Crippen LogP contribution >= 0.6 is 0 Å². The fraction of sp³-hybridized carbons (Fsp3) is 0.381. The zero-order valence-corrected chi connectivity index (χ0v) is 14.8. The highest BCUT2D eigenvalue weighted by molar-refractivity contribution is 5.84. The molecule has 0 spiro atoms. The molecule has 2 heterocycles. The molecule has 4 nitrogen and oxygen atoms in total. The molecule has 0 unspecified atom stereocenters. The van der Waals surface area contributed by atoms with Gasteiger partial charge in [0.05, 0.1) is 17.4 Å². The molecule has 1 aromatic heterocycles. The van der Waals surface area contributed by atoms with Gasteiger partial charge in [-0.1, -0.05) is 42.0 Å². The van der Waals surface area contributed by atoms with E-state index in [-0.39, 0.29) is 0 Å². The van der Waals surface area contributed by atoms with Gasteiger partial charge in [0.1, 0.15) is 6.61 Å². The van der Waals surface area contributed by atoms with E-state index in [0.717, 1.165) is 29.9 Å². The molecule has 0 aliphatic carbocycles. The van der Waals surface area contributed by atoms with E-state index in [1.54, 1.807) is 0 Å². The average Bonchev–Trinajstić information content (AvgIpc) is 3.26. The molecule has 0 N–H and O–H groups in total. The van der Waals surface area contributed by atoms with E-state index in [1.807, 2.05) is 10.7 Å². The monoisotopic (exact) mass is 335 g/mol. The molecule has 25 heavy (non-hydrogen) atoms. The van der Waals surface area contributed by atoms with Crippen molar-refractivity contribution in [3.05, 3.63) is 59.7 Å². The number of para-hydroxylation sites is 1. The van der Waals surface area contributed by atoms with Crippen LogP contribution in [0.2, 0.25) is 0 Å². The normalized spacial score (nSPS) is 15.1. The second kappa shape index (κ2) is 7.28. The van der Waals surface area contributed by atoms with Crippen LogP contribution in [0.3, 0.4) is 0 Å². The summed E-state index contributed by atoms with van der Waals surface area (Å²) in [6.07, 6.45) is 2.63. The van der Waals surface area contributed by atoms with Gasteiger partial charge >= 0.3 is 0 Å². The predicted molar refractivity (Wildman–Crippen MR) is 101 cm³/mol. The molecule has 1 saturated heterocycles. The standard InChI is InChI=1S/C21H25N3O/c1-17-8-10-18(11-9-17)16-24-20-7-3-2-6-19(20)21(22-24)25-15-14-23-12-4-5-13-23/h2-3,6-11H,4-5,12-16H2,1H3. The van der Waals surface area contributed by atoms with Crippen LogP contribution in [0.4, 0.5) is 0 Å². The van der Waals surface area contributed by atoms with Crippen molar-refractivity contribution < 1.29 is 4.74 Å². The minimum Gasteiger partial charge on any atom is -0.475 e. The first-order chi connectivity index (χ1) is 12.3. The second-order valence-electron chi connectivity index (χ2n) is 6.86. The van der Waals surface area contributed by atoms with Crippen LogP contribution in [0.1, 0.15) is 24.0 Å². The third-order valence-corrected chi connectivity index (χ3v) is 4.92. The lowest BCUT2D eigenvalue weighted by molar-refractivity contribution is 0.232. The minimum absolute atomic E-state index is 0.700. The first-order valence-electron chi connectivity index (χ1n) is 9.16. The van der Waals surface area contributed by atoms with E-state index in [0.29, 0.717) is 6.61 Å². The number of nitrogens with zero attached hydrogens (tertiary/aromatic N) is 3. The Kier molecular flexibility index (Phi) is 4.70. The van der Waals surface area contributed by atoms with Gasteiger partial charge in [-0.2, -0.15) is 0 Å². The number of hydrogen-bond donors (Lipinski definition) is 0. The van der Waals surface area contributed by atoms with Crippen LogP contribution in [0.15, 0.2) is 48.5 Å². The average molecular weight is 335 g/mol. The van der Waals surface area contributed by atoms with Crippen molar-refractivity contribution in [2.75, 3.05) is 26.2 Å². The molecule has 1 aliphatic rings. The summed E-state index contributed by atoms with van der Waals surface area (Å²) < 4.78 is 8.09. The Balaban J connectivity index is 1.52. The topological polar surface area (TPSA) is 30.3 Å². The van der Waals surface area contributed by atoms with Crippen LogP contribution in [-0.2, 0) is 6.54 Å². The number of ether oxygens (including phenoxy) is 1.